The molecule has 5 heterocycles. The highest BCUT2D eigenvalue weighted by Gasteiger charge is 2.22. The number of nitrogens with one attached hydrogen (secondary N) is 2. The molecular formula is C29H37N9O. The maximum atomic E-state index is 13.2. The number of allylic oxidation sites excluding steroid dienone is 1. The lowest BCUT2D eigenvalue weighted by Crippen LogP contribution is -2.47. The minimum atomic E-state index is -0.218. The van der Waals surface area contributed by atoms with Crippen LogP contribution >= 0.6 is 0 Å². The van der Waals surface area contributed by atoms with Gasteiger partial charge < -0.3 is 20.0 Å². The van der Waals surface area contributed by atoms with Gasteiger partial charge in [-0.2, -0.15) is 5.10 Å². The Labute approximate surface area is 229 Å². The number of rotatable bonds is 5. The van der Waals surface area contributed by atoms with E-state index in [0.717, 1.165) is 105 Å². The van der Waals surface area contributed by atoms with E-state index in [2.05, 4.69) is 71.3 Å². The molecular weight excluding hydrogens is 490 g/mol. The van der Waals surface area contributed by atoms with E-state index in [-0.39, 0.29) is 5.91 Å². The number of nitrogens with zero attached hydrogens (tertiary/aromatic N) is 7. The average molecular weight is 528 g/mol. The van der Waals surface area contributed by atoms with Crippen molar-refractivity contribution in [3.8, 4) is 11.1 Å². The van der Waals surface area contributed by atoms with Crippen molar-refractivity contribution in [2.24, 2.45) is 4.99 Å². The van der Waals surface area contributed by atoms with Gasteiger partial charge in [-0.25, -0.2) is 4.99 Å². The number of aromatic amines is 1. The summed E-state index contributed by atoms with van der Waals surface area (Å²) in [5.74, 6) is 0.893. The Morgan fingerprint density at radius 2 is 1.69 bits per heavy atom. The Kier molecular flexibility index (Phi) is 7.40. The van der Waals surface area contributed by atoms with E-state index < -0.39 is 0 Å². The van der Waals surface area contributed by atoms with Crippen molar-refractivity contribution < 1.29 is 4.79 Å². The van der Waals surface area contributed by atoms with Crippen molar-refractivity contribution in [3.05, 3.63) is 59.8 Å². The Bertz CT molecular complexity index is 1390. The number of aliphatic imine (C=N–C) groups is 1. The third-order valence-corrected chi connectivity index (χ3v) is 8.04. The highest BCUT2D eigenvalue weighted by Crippen LogP contribution is 2.26. The van der Waals surface area contributed by atoms with E-state index in [4.69, 9.17) is 0 Å². The van der Waals surface area contributed by atoms with Gasteiger partial charge in [-0.15, -0.1) is 0 Å². The second kappa shape index (κ2) is 11.3. The number of likely N-dealkylation sites (N-methyl/N-ethyl adjacent to an activating group) is 2. The SMILES string of the molecule is CN1CCN(Cc2cncc(-c3ccc4[nH]nc(C(=O)NC5=CN=C(N6CCN(C)CC6)CC5)c4c3)c2)CC1. The van der Waals surface area contributed by atoms with Crippen LogP contribution in [0.3, 0.4) is 0 Å². The number of carbonyl (C=O) groups is 1. The molecule has 0 unspecified atom stereocenters. The molecule has 10 nitrogen and oxygen atoms in total. The topological polar surface area (TPSA) is 96.0 Å². The smallest absolute Gasteiger partial charge is 0.276 e. The molecule has 3 aliphatic rings. The molecule has 10 heteroatoms. The molecule has 0 radical (unpaired) electrons. The normalized spacial score (nSPS) is 19.7. The van der Waals surface area contributed by atoms with Crippen molar-refractivity contribution in [3.63, 3.8) is 0 Å². The molecule has 2 saturated heterocycles. The van der Waals surface area contributed by atoms with Crippen LogP contribution in [0.25, 0.3) is 22.0 Å². The summed E-state index contributed by atoms with van der Waals surface area (Å²) in [5.41, 5.74) is 5.30. The Balaban J connectivity index is 1.16. The summed E-state index contributed by atoms with van der Waals surface area (Å²) < 4.78 is 0. The predicted octanol–water partition coefficient (Wildman–Crippen LogP) is 2.38. The highest BCUT2D eigenvalue weighted by atomic mass is 16.2. The van der Waals surface area contributed by atoms with Gasteiger partial charge in [0.2, 0.25) is 0 Å². The van der Waals surface area contributed by atoms with Gasteiger partial charge in [0, 0.05) is 101 Å². The number of piperazine rings is 2. The molecule has 3 aromatic rings. The molecule has 0 bridgehead atoms. The maximum Gasteiger partial charge on any atom is 0.276 e. The van der Waals surface area contributed by atoms with Crippen LogP contribution in [0.2, 0.25) is 0 Å². The predicted molar refractivity (Wildman–Crippen MR) is 153 cm³/mol. The van der Waals surface area contributed by atoms with Gasteiger partial charge in [0.05, 0.1) is 5.52 Å². The van der Waals surface area contributed by atoms with E-state index in [0.29, 0.717) is 5.69 Å². The first-order valence-corrected chi connectivity index (χ1v) is 13.9. The zero-order valence-electron chi connectivity index (χ0n) is 22.9. The Morgan fingerprint density at radius 3 is 2.44 bits per heavy atom. The van der Waals surface area contributed by atoms with Gasteiger partial charge in [-0.3, -0.25) is 19.8 Å². The molecule has 1 aromatic carbocycles. The molecule has 39 heavy (non-hydrogen) atoms. The zero-order valence-corrected chi connectivity index (χ0v) is 22.9. The van der Waals surface area contributed by atoms with Crippen molar-refractivity contribution in [1.29, 1.82) is 0 Å². The fourth-order valence-electron chi connectivity index (χ4n) is 5.49. The summed E-state index contributed by atoms with van der Waals surface area (Å²) in [4.78, 5) is 32.0. The average Bonchev–Trinajstić information content (AvgIpc) is 3.39. The van der Waals surface area contributed by atoms with Crippen LogP contribution in [-0.4, -0.2) is 113 Å². The molecule has 204 valence electrons. The Hall–Kier alpha value is -3.60. The molecule has 0 atom stereocenters. The first kappa shape index (κ1) is 25.7. The van der Waals surface area contributed by atoms with Crippen molar-refractivity contribution in [2.45, 2.75) is 19.4 Å². The summed E-state index contributed by atoms with van der Waals surface area (Å²) in [5, 5.41) is 11.2. The fourth-order valence-corrected chi connectivity index (χ4v) is 5.49. The first-order chi connectivity index (χ1) is 19.0. The minimum absolute atomic E-state index is 0.218. The lowest BCUT2D eigenvalue weighted by atomic mass is 10.0. The molecule has 3 aliphatic heterocycles. The molecule has 2 aromatic heterocycles. The third-order valence-electron chi connectivity index (χ3n) is 8.04. The first-order valence-electron chi connectivity index (χ1n) is 13.9. The lowest BCUT2D eigenvalue weighted by Gasteiger charge is -2.35. The number of fused-ring (bicyclic) bond motifs is 1. The van der Waals surface area contributed by atoms with Crippen LogP contribution in [0.5, 0.6) is 0 Å². The van der Waals surface area contributed by atoms with Crippen molar-refractivity contribution >= 4 is 22.6 Å². The number of aromatic nitrogens is 3. The molecule has 0 saturated carbocycles. The summed E-state index contributed by atoms with van der Waals surface area (Å²) in [6.45, 7) is 9.32. The monoisotopic (exact) mass is 527 g/mol. The summed E-state index contributed by atoms with van der Waals surface area (Å²) in [6.07, 6.45) is 7.23. The van der Waals surface area contributed by atoms with Crippen molar-refractivity contribution in [1.82, 2.24) is 40.1 Å². The van der Waals surface area contributed by atoms with Crippen LogP contribution < -0.4 is 5.32 Å². The largest absolute Gasteiger partial charge is 0.357 e. The molecule has 1 amide bonds. The van der Waals surface area contributed by atoms with E-state index in [1.54, 1.807) is 6.20 Å². The summed E-state index contributed by atoms with van der Waals surface area (Å²) >= 11 is 0. The van der Waals surface area contributed by atoms with Crippen molar-refractivity contribution in [2.75, 3.05) is 66.5 Å². The van der Waals surface area contributed by atoms with E-state index in [1.165, 1.54) is 5.56 Å². The molecule has 2 fully saturated rings. The van der Waals surface area contributed by atoms with E-state index in [1.807, 2.05) is 24.5 Å². The van der Waals surface area contributed by atoms with Gasteiger partial charge in [-0.05, 0) is 49.8 Å². The summed E-state index contributed by atoms with van der Waals surface area (Å²) in [6, 6.07) is 8.27. The highest BCUT2D eigenvalue weighted by molar-refractivity contribution is 6.06. The summed E-state index contributed by atoms with van der Waals surface area (Å²) in [7, 11) is 4.32. The van der Waals surface area contributed by atoms with Gasteiger partial charge in [0.25, 0.3) is 5.91 Å². The number of hydrogen-bond acceptors (Lipinski definition) is 8. The molecule has 6 rings (SSSR count). The van der Waals surface area contributed by atoms with Crippen LogP contribution in [0.4, 0.5) is 0 Å². The van der Waals surface area contributed by atoms with E-state index >= 15 is 0 Å². The minimum Gasteiger partial charge on any atom is -0.357 e. The van der Waals surface area contributed by atoms with Crippen LogP contribution in [0, 0.1) is 0 Å². The van der Waals surface area contributed by atoms with Gasteiger partial charge in [0.1, 0.15) is 5.84 Å². The quantitative estimate of drug-likeness (QED) is 0.526. The van der Waals surface area contributed by atoms with E-state index in [9.17, 15) is 4.79 Å². The maximum absolute atomic E-state index is 13.2. The van der Waals surface area contributed by atoms with Crippen LogP contribution in [0.1, 0.15) is 28.9 Å². The van der Waals surface area contributed by atoms with Gasteiger partial charge >= 0.3 is 0 Å². The van der Waals surface area contributed by atoms with Crippen LogP contribution in [-0.2, 0) is 6.54 Å². The molecule has 2 N–H and O–H groups in total. The number of hydrogen-bond donors (Lipinski definition) is 2. The second-order valence-corrected chi connectivity index (χ2v) is 10.9. The zero-order chi connectivity index (χ0) is 26.8. The number of carbonyl (C=O) groups excluding carboxylic acids is 1. The number of pyridine rings is 1. The number of amidine groups is 1. The molecule has 0 spiro atoms. The lowest BCUT2D eigenvalue weighted by molar-refractivity contribution is 0.0961. The van der Waals surface area contributed by atoms with Gasteiger partial charge in [0.15, 0.2) is 5.69 Å². The fraction of sp³-hybridized carbons (Fsp3) is 0.448. The third kappa shape index (κ3) is 5.88. The number of benzene rings is 1. The molecule has 0 aliphatic carbocycles. The number of amides is 1. The second-order valence-electron chi connectivity index (χ2n) is 10.9. The standard InChI is InChI=1S/C29H37N9O/c1-35-7-11-37(12-8-35)20-21-15-23(18-30-17-21)22-3-5-26-25(16-22)28(34-33-26)29(39)32-24-4-6-27(31-19-24)38-13-9-36(2)10-14-38/h3,5,15-19H,4,6-14,20H2,1-2H3,(H,32,39)(H,33,34). The Morgan fingerprint density at radius 1 is 0.923 bits per heavy atom. The van der Waals surface area contributed by atoms with Crippen LogP contribution in [0.15, 0.2) is 53.5 Å². The number of H-pyrrole nitrogens is 1. The van der Waals surface area contributed by atoms with Gasteiger partial charge in [-0.1, -0.05) is 6.07 Å².